The summed E-state index contributed by atoms with van der Waals surface area (Å²) in [5, 5.41) is 2.80. The molecule has 1 unspecified atom stereocenters. The van der Waals surface area contributed by atoms with Gasteiger partial charge in [0.05, 0.1) is 5.56 Å². The molecule has 0 radical (unpaired) electrons. The Hall–Kier alpha value is -0.940. The zero-order chi connectivity index (χ0) is 12.8. The van der Waals surface area contributed by atoms with Gasteiger partial charge in [-0.2, -0.15) is 0 Å². The van der Waals surface area contributed by atoms with Crippen molar-refractivity contribution < 1.29 is 13.4 Å². The standard InChI is InChI=1S/C11H13ClFNO2S/c1-2-17(16)6-5-14-11(15)9-7-8(12)3-4-10(9)13/h3-4,7H,2,5-6H2,1H3,(H,14,15). The lowest BCUT2D eigenvalue weighted by atomic mass is 10.2. The smallest absolute Gasteiger partial charge is 0.254 e. The number of nitrogens with one attached hydrogen (secondary N) is 1. The van der Waals surface area contributed by atoms with Crippen molar-refractivity contribution in [2.24, 2.45) is 0 Å². The van der Waals surface area contributed by atoms with E-state index in [1.165, 1.54) is 12.1 Å². The molecule has 0 aliphatic heterocycles. The molecular formula is C11H13ClFNO2S. The van der Waals surface area contributed by atoms with E-state index in [1.807, 2.05) is 0 Å². The van der Waals surface area contributed by atoms with E-state index >= 15 is 0 Å². The van der Waals surface area contributed by atoms with Gasteiger partial charge in [-0.25, -0.2) is 4.39 Å². The van der Waals surface area contributed by atoms with Gasteiger partial charge in [0.1, 0.15) is 5.82 Å². The van der Waals surface area contributed by atoms with E-state index in [0.29, 0.717) is 16.5 Å². The second kappa shape index (κ2) is 6.71. The summed E-state index contributed by atoms with van der Waals surface area (Å²) in [5.74, 6) is -0.257. The molecule has 0 heterocycles. The van der Waals surface area contributed by atoms with Crippen molar-refractivity contribution in [2.45, 2.75) is 6.92 Å². The van der Waals surface area contributed by atoms with Crippen molar-refractivity contribution in [3.63, 3.8) is 0 Å². The predicted molar refractivity (Wildman–Crippen MR) is 67.3 cm³/mol. The fourth-order valence-corrected chi connectivity index (χ4v) is 1.98. The van der Waals surface area contributed by atoms with E-state index < -0.39 is 22.5 Å². The Morgan fingerprint density at radius 3 is 2.88 bits per heavy atom. The van der Waals surface area contributed by atoms with Crippen molar-refractivity contribution in [2.75, 3.05) is 18.1 Å². The van der Waals surface area contributed by atoms with E-state index in [9.17, 15) is 13.4 Å². The van der Waals surface area contributed by atoms with E-state index in [4.69, 9.17) is 11.6 Å². The number of benzene rings is 1. The molecule has 1 amide bonds. The van der Waals surface area contributed by atoms with Crippen LogP contribution in [0.15, 0.2) is 18.2 Å². The fraction of sp³-hybridized carbons (Fsp3) is 0.364. The maximum atomic E-state index is 13.3. The summed E-state index contributed by atoms with van der Waals surface area (Å²) in [4.78, 5) is 11.6. The molecule has 0 spiro atoms. The van der Waals surface area contributed by atoms with E-state index in [0.717, 1.165) is 6.07 Å². The Labute approximate surface area is 107 Å². The van der Waals surface area contributed by atoms with Crippen LogP contribution < -0.4 is 5.32 Å². The summed E-state index contributed by atoms with van der Waals surface area (Å²) < 4.78 is 24.4. The van der Waals surface area contributed by atoms with Crippen molar-refractivity contribution in [1.29, 1.82) is 0 Å². The van der Waals surface area contributed by atoms with Gasteiger partial charge in [0.15, 0.2) is 0 Å². The predicted octanol–water partition coefficient (Wildman–Crippen LogP) is 1.98. The molecule has 0 fully saturated rings. The van der Waals surface area contributed by atoms with Crippen LogP contribution in [0.3, 0.4) is 0 Å². The first kappa shape index (κ1) is 14.1. The third-order valence-electron chi connectivity index (χ3n) is 2.11. The van der Waals surface area contributed by atoms with Gasteiger partial charge in [-0.1, -0.05) is 18.5 Å². The van der Waals surface area contributed by atoms with Gasteiger partial charge in [0.2, 0.25) is 0 Å². The molecule has 3 nitrogen and oxygen atoms in total. The molecule has 1 aromatic carbocycles. The molecular weight excluding hydrogens is 265 g/mol. The minimum Gasteiger partial charge on any atom is -0.351 e. The Balaban J connectivity index is 2.58. The molecule has 1 aromatic rings. The summed E-state index contributed by atoms with van der Waals surface area (Å²) in [6.45, 7) is 2.06. The molecule has 0 saturated carbocycles. The van der Waals surface area contributed by atoms with Crippen LogP contribution in [0.1, 0.15) is 17.3 Å². The molecule has 17 heavy (non-hydrogen) atoms. The molecule has 0 aliphatic carbocycles. The molecule has 0 saturated heterocycles. The van der Waals surface area contributed by atoms with Crippen LogP contribution in [0.5, 0.6) is 0 Å². The number of carbonyl (C=O) groups is 1. The van der Waals surface area contributed by atoms with Crippen LogP contribution in [0.25, 0.3) is 0 Å². The summed E-state index contributed by atoms with van der Waals surface area (Å²) in [6, 6.07) is 3.78. The maximum absolute atomic E-state index is 13.3. The molecule has 1 rings (SSSR count). The average Bonchev–Trinajstić information content (AvgIpc) is 2.31. The summed E-state index contributed by atoms with van der Waals surface area (Å²) in [6.07, 6.45) is 0. The maximum Gasteiger partial charge on any atom is 0.254 e. The zero-order valence-electron chi connectivity index (χ0n) is 9.33. The molecule has 0 bridgehead atoms. The Bertz CT molecular complexity index is 439. The minimum absolute atomic E-state index is 0.0974. The van der Waals surface area contributed by atoms with Gasteiger partial charge < -0.3 is 5.32 Å². The number of halogens is 2. The summed E-state index contributed by atoms with van der Waals surface area (Å²) in [7, 11) is -0.944. The van der Waals surface area contributed by atoms with Gasteiger partial charge in [0, 0.05) is 33.9 Å². The zero-order valence-corrected chi connectivity index (χ0v) is 10.9. The van der Waals surface area contributed by atoms with Crippen LogP contribution >= 0.6 is 11.6 Å². The second-order valence-corrected chi connectivity index (χ2v) is 5.61. The third kappa shape index (κ3) is 4.44. The van der Waals surface area contributed by atoms with E-state index in [2.05, 4.69) is 5.32 Å². The highest BCUT2D eigenvalue weighted by molar-refractivity contribution is 7.84. The molecule has 0 aromatic heterocycles. The first-order valence-corrected chi connectivity index (χ1v) is 6.99. The normalized spacial score (nSPS) is 12.2. The summed E-state index contributed by atoms with van der Waals surface area (Å²) in [5.41, 5.74) is -0.0974. The van der Waals surface area contributed by atoms with Gasteiger partial charge in [0.25, 0.3) is 5.91 Å². The molecule has 1 N–H and O–H groups in total. The van der Waals surface area contributed by atoms with Gasteiger partial charge >= 0.3 is 0 Å². The molecule has 6 heteroatoms. The first-order valence-electron chi connectivity index (χ1n) is 5.12. The second-order valence-electron chi connectivity index (χ2n) is 3.31. The van der Waals surface area contributed by atoms with E-state index in [1.54, 1.807) is 6.92 Å². The highest BCUT2D eigenvalue weighted by atomic mass is 35.5. The van der Waals surface area contributed by atoms with Crippen molar-refractivity contribution in [3.05, 3.63) is 34.6 Å². The number of amides is 1. The van der Waals surface area contributed by atoms with Crippen LogP contribution in [0.4, 0.5) is 4.39 Å². The Morgan fingerprint density at radius 1 is 1.53 bits per heavy atom. The topological polar surface area (TPSA) is 46.2 Å². The highest BCUT2D eigenvalue weighted by Crippen LogP contribution is 2.14. The first-order chi connectivity index (χ1) is 8.04. The molecule has 1 atom stereocenters. The Kier molecular flexibility index (Phi) is 5.58. The number of carbonyl (C=O) groups excluding carboxylic acids is 1. The van der Waals surface area contributed by atoms with Crippen LogP contribution in [-0.2, 0) is 10.8 Å². The SMILES string of the molecule is CCS(=O)CCNC(=O)c1cc(Cl)ccc1F. The van der Waals surface area contributed by atoms with Crippen LogP contribution in [0, 0.1) is 5.82 Å². The lowest BCUT2D eigenvalue weighted by Crippen LogP contribution is -2.28. The fourth-order valence-electron chi connectivity index (χ4n) is 1.19. The molecule has 0 aliphatic rings. The lowest BCUT2D eigenvalue weighted by molar-refractivity contribution is 0.0952. The average molecular weight is 278 g/mol. The minimum atomic E-state index is -0.944. The van der Waals surface area contributed by atoms with Gasteiger partial charge in [-0.05, 0) is 18.2 Å². The number of hydrogen-bond acceptors (Lipinski definition) is 2. The largest absolute Gasteiger partial charge is 0.351 e. The number of rotatable bonds is 5. The van der Waals surface area contributed by atoms with Crippen LogP contribution in [-0.4, -0.2) is 28.2 Å². The van der Waals surface area contributed by atoms with Crippen LogP contribution in [0.2, 0.25) is 5.02 Å². The van der Waals surface area contributed by atoms with Crippen molar-refractivity contribution >= 4 is 28.3 Å². The van der Waals surface area contributed by atoms with Gasteiger partial charge in [-0.3, -0.25) is 9.00 Å². The third-order valence-corrected chi connectivity index (χ3v) is 3.65. The Morgan fingerprint density at radius 2 is 2.24 bits per heavy atom. The van der Waals surface area contributed by atoms with Crippen molar-refractivity contribution in [1.82, 2.24) is 5.32 Å². The monoisotopic (exact) mass is 277 g/mol. The summed E-state index contributed by atoms with van der Waals surface area (Å²) >= 11 is 5.67. The quantitative estimate of drug-likeness (QED) is 0.894. The highest BCUT2D eigenvalue weighted by Gasteiger charge is 2.11. The van der Waals surface area contributed by atoms with Gasteiger partial charge in [-0.15, -0.1) is 0 Å². The van der Waals surface area contributed by atoms with E-state index in [-0.39, 0.29) is 12.1 Å². The lowest BCUT2D eigenvalue weighted by Gasteiger charge is -2.06. The molecule has 94 valence electrons. The number of hydrogen-bond donors (Lipinski definition) is 1. The van der Waals surface area contributed by atoms with Crippen molar-refractivity contribution in [3.8, 4) is 0 Å².